The number of hydrogen-bond acceptors (Lipinski definition) is 2. The van der Waals surface area contributed by atoms with Crippen LogP contribution in [0.15, 0.2) is 49.8 Å². The van der Waals surface area contributed by atoms with E-state index >= 15 is 0 Å². The number of amides is 1. The summed E-state index contributed by atoms with van der Waals surface area (Å²) in [5.41, 5.74) is 0.901. The van der Waals surface area contributed by atoms with E-state index in [1.54, 1.807) is 12.4 Å². The minimum atomic E-state index is -0.119. The number of rotatable bonds is 6. The second-order valence-electron chi connectivity index (χ2n) is 5.74. The Labute approximate surface area is 127 Å². The molecule has 0 radical (unpaired) electrons. The van der Waals surface area contributed by atoms with Gasteiger partial charge in [-0.1, -0.05) is 12.2 Å². The lowest BCUT2D eigenvalue weighted by Crippen LogP contribution is -2.54. The smallest absolute Gasteiger partial charge is 0.227 e. The maximum absolute atomic E-state index is 12.8. The van der Waals surface area contributed by atoms with E-state index in [0.717, 1.165) is 37.8 Å². The van der Waals surface area contributed by atoms with Gasteiger partial charge in [0.15, 0.2) is 0 Å². The lowest BCUT2D eigenvalue weighted by molar-refractivity contribution is -0.139. The van der Waals surface area contributed by atoms with Gasteiger partial charge in [0.25, 0.3) is 0 Å². The zero-order chi connectivity index (χ0) is 15.1. The molecule has 1 aliphatic heterocycles. The zero-order valence-electron chi connectivity index (χ0n) is 12.6. The molecule has 0 aliphatic carbocycles. The van der Waals surface area contributed by atoms with E-state index in [0.29, 0.717) is 6.42 Å². The van der Waals surface area contributed by atoms with Gasteiger partial charge in [0.1, 0.15) is 0 Å². The molecule has 2 rings (SSSR count). The summed E-state index contributed by atoms with van der Waals surface area (Å²) in [5.74, 6) is 0.199. The highest BCUT2D eigenvalue weighted by atomic mass is 16.2. The Morgan fingerprint density at radius 2 is 1.90 bits per heavy atom. The fourth-order valence-electron chi connectivity index (χ4n) is 3.30. The molecular formula is C18H24N2O. The number of likely N-dealkylation sites (tertiary alicyclic amines) is 1. The van der Waals surface area contributed by atoms with Gasteiger partial charge in [0.2, 0.25) is 5.91 Å². The number of pyridine rings is 1. The average molecular weight is 284 g/mol. The largest absolute Gasteiger partial charge is 0.336 e. The fourth-order valence-corrected chi connectivity index (χ4v) is 3.30. The predicted molar refractivity (Wildman–Crippen MR) is 85.9 cm³/mol. The van der Waals surface area contributed by atoms with Crippen LogP contribution in [0.25, 0.3) is 0 Å². The maximum Gasteiger partial charge on any atom is 0.227 e. The summed E-state index contributed by atoms with van der Waals surface area (Å²) in [6.45, 7) is 8.60. The minimum Gasteiger partial charge on any atom is -0.336 e. The number of carbonyl (C=O) groups is 1. The van der Waals surface area contributed by atoms with E-state index in [2.05, 4.69) is 23.0 Å². The third kappa shape index (κ3) is 3.60. The molecule has 0 N–H and O–H groups in total. The molecule has 0 spiro atoms. The van der Waals surface area contributed by atoms with Crippen molar-refractivity contribution in [3.8, 4) is 0 Å². The summed E-state index contributed by atoms with van der Waals surface area (Å²) in [5, 5.41) is 0. The van der Waals surface area contributed by atoms with Gasteiger partial charge < -0.3 is 4.90 Å². The second-order valence-corrected chi connectivity index (χ2v) is 5.74. The topological polar surface area (TPSA) is 33.2 Å². The van der Waals surface area contributed by atoms with Crippen molar-refractivity contribution < 1.29 is 4.79 Å². The van der Waals surface area contributed by atoms with E-state index in [1.165, 1.54) is 6.42 Å². The molecule has 0 unspecified atom stereocenters. The standard InChI is InChI=1S/C18H24N2O/c1-3-9-18(10-4-2)11-5-6-14-20(18)17(21)15-16-7-12-19-13-8-16/h3-4,7-8,12-13H,1-2,5-6,9-11,14-15H2. The first kappa shape index (κ1) is 15.5. The summed E-state index contributed by atoms with van der Waals surface area (Å²) in [6, 6.07) is 3.81. The van der Waals surface area contributed by atoms with Crippen LogP contribution in [0.3, 0.4) is 0 Å². The van der Waals surface area contributed by atoms with Crippen LogP contribution in [0.1, 0.15) is 37.7 Å². The number of aromatic nitrogens is 1. The lowest BCUT2D eigenvalue weighted by atomic mass is 9.80. The Bertz CT molecular complexity index is 485. The quantitative estimate of drug-likeness (QED) is 0.749. The number of piperidine rings is 1. The summed E-state index contributed by atoms with van der Waals surface area (Å²) in [4.78, 5) is 18.8. The van der Waals surface area contributed by atoms with Gasteiger partial charge in [-0.3, -0.25) is 9.78 Å². The fraction of sp³-hybridized carbons (Fsp3) is 0.444. The number of carbonyl (C=O) groups excluding carboxylic acids is 1. The molecule has 1 saturated heterocycles. The van der Waals surface area contributed by atoms with E-state index < -0.39 is 0 Å². The van der Waals surface area contributed by atoms with Gasteiger partial charge in [-0.25, -0.2) is 0 Å². The normalized spacial score (nSPS) is 17.2. The molecule has 3 nitrogen and oxygen atoms in total. The van der Waals surface area contributed by atoms with E-state index in [1.807, 2.05) is 24.3 Å². The van der Waals surface area contributed by atoms with E-state index in [-0.39, 0.29) is 11.4 Å². The molecule has 1 fully saturated rings. The van der Waals surface area contributed by atoms with Crippen LogP contribution < -0.4 is 0 Å². The SMILES string of the molecule is C=CCC1(CC=C)CCCCN1C(=O)Cc1ccncc1. The molecule has 3 heteroatoms. The number of hydrogen-bond donors (Lipinski definition) is 0. The van der Waals surface area contributed by atoms with Crippen molar-refractivity contribution in [3.63, 3.8) is 0 Å². The number of nitrogens with zero attached hydrogens (tertiary/aromatic N) is 2. The molecule has 1 amide bonds. The van der Waals surface area contributed by atoms with Gasteiger partial charge in [0, 0.05) is 24.5 Å². The van der Waals surface area contributed by atoms with Crippen molar-refractivity contribution in [3.05, 3.63) is 55.4 Å². The molecule has 0 atom stereocenters. The monoisotopic (exact) mass is 284 g/mol. The van der Waals surface area contributed by atoms with Crippen molar-refractivity contribution in [2.45, 2.75) is 44.1 Å². The third-order valence-corrected chi connectivity index (χ3v) is 4.30. The minimum absolute atomic E-state index is 0.119. The predicted octanol–water partition coefficient (Wildman–Crippen LogP) is 3.53. The first-order valence-electron chi connectivity index (χ1n) is 7.63. The highest BCUT2D eigenvalue weighted by Crippen LogP contribution is 2.35. The summed E-state index contributed by atoms with van der Waals surface area (Å²) < 4.78 is 0. The van der Waals surface area contributed by atoms with Crippen LogP contribution in [-0.4, -0.2) is 27.9 Å². The Kier molecular flexibility index (Phi) is 5.32. The third-order valence-electron chi connectivity index (χ3n) is 4.30. The molecule has 21 heavy (non-hydrogen) atoms. The highest BCUT2D eigenvalue weighted by Gasteiger charge is 2.39. The van der Waals surface area contributed by atoms with Crippen molar-refractivity contribution in [1.82, 2.24) is 9.88 Å². The molecule has 0 bridgehead atoms. The first-order chi connectivity index (χ1) is 10.2. The first-order valence-corrected chi connectivity index (χ1v) is 7.63. The van der Waals surface area contributed by atoms with Gasteiger partial charge >= 0.3 is 0 Å². The Balaban J connectivity index is 2.18. The van der Waals surface area contributed by atoms with Crippen LogP contribution >= 0.6 is 0 Å². The summed E-state index contributed by atoms with van der Waals surface area (Å²) >= 11 is 0. The van der Waals surface area contributed by atoms with Crippen molar-refractivity contribution in [2.75, 3.05) is 6.54 Å². The zero-order valence-corrected chi connectivity index (χ0v) is 12.6. The van der Waals surface area contributed by atoms with Gasteiger partial charge in [-0.2, -0.15) is 0 Å². The lowest BCUT2D eigenvalue weighted by Gasteiger charge is -2.47. The van der Waals surface area contributed by atoms with Crippen LogP contribution in [0.4, 0.5) is 0 Å². The van der Waals surface area contributed by atoms with Crippen LogP contribution in [-0.2, 0) is 11.2 Å². The summed E-state index contributed by atoms with van der Waals surface area (Å²) in [7, 11) is 0. The van der Waals surface area contributed by atoms with Gasteiger partial charge in [-0.15, -0.1) is 13.2 Å². The molecule has 1 aliphatic rings. The van der Waals surface area contributed by atoms with Crippen molar-refractivity contribution in [1.29, 1.82) is 0 Å². The molecule has 112 valence electrons. The van der Waals surface area contributed by atoms with Gasteiger partial charge in [-0.05, 0) is 49.8 Å². The van der Waals surface area contributed by atoms with Crippen LogP contribution in [0.5, 0.6) is 0 Å². The average Bonchev–Trinajstić information content (AvgIpc) is 2.49. The second kappa shape index (κ2) is 7.21. The molecular weight excluding hydrogens is 260 g/mol. The van der Waals surface area contributed by atoms with Gasteiger partial charge in [0.05, 0.1) is 6.42 Å². The Morgan fingerprint density at radius 3 is 2.52 bits per heavy atom. The van der Waals surface area contributed by atoms with E-state index in [9.17, 15) is 4.79 Å². The molecule has 1 aromatic heterocycles. The van der Waals surface area contributed by atoms with Crippen molar-refractivity contribution >= 4 is 5.91 Å². The molecule has 1 aromatic rings. The van der Waals surface area contributed by atoms with E-state index in [4.69, 9.17) is 0 Å². The van der Waals surface area contributed by atoms with Crippen molar-refractivity contribution in [2.24, 2.45) is 0 Å². The molecule has 0 aromatic carbocycles. The molecule has 2 heterocycles. The summed E-state index contributed by atoms with van der Waals surface area (Å²) in [6.07, 6.45) is 12.7. The highest BCUT2D eigenvalue weighted by molar-refractivity contribution is 5.79. The molecule has 0 saturated carbocycles. The van der Waals surface area contributed by atoms with Crippen LogP contribution in [0.2, 0.25) is 0 Å². The Morgan fingerprint density at radius 1 is 1.24 bits per heavy atom. The van der Waals surface area contributed by atoms with Crippen LogP contribution in [0, 0.1) is 0 Å². The Hall–Kier alpha value is -1.90. The maximum atomic E-state index is 12.8.